The highest BCUT2D eigenvalue weighted by Crippen LogP contribution is 2.20. The second kappa shape index (κ2) is 6.55. The van der Waals surface area contributed by atoms with Gasteiger partial charge < -0.3 is 14.7 Å². The standard InChI is InChI=1S/C14H17NO3/c1-4-9-15(10-11(2)14(16)17)12-5-7-13(18-3)8-6-12/h1,5-8,11H,9-10H2,2-3H3,(H,16,17). The van der Waals surface area contributed by atoms with Gasteiger partial charge in [-0.15, -0.1) is 6.42 Å². The summed E-state index contributed by atoms with van der Waals surface area (Å²) < 4.78 is 5.08. The molecule has 0 aromatic heterocycles. The molecule has 1 unspecified atom stereocenters. The van der Waals surface area contributed by atoms with E-state index in [9.17, 15) is 4.79 Å². The highest BCUT2D eigenvalue weighted by Gasteiger charge is 2.16. The van der Waals surface area contributed by atoms with Gasteiger partial charge in [0, 0.05) is 12.2 Å². The van der Waals surface area contributed by atoms with Crippen LogP contribution in [0.1, 0.15) is 6.92 Å². The first-order valence-electron chi connectivity index (χ1n) is 5.63. The summed E-state index contributed by atoms with van der Waals surface area (Å²) in [5, 5.41) is 8.93. The van der Waals surface area contributed by atoms with Crippen LogP contribution in [0.25, 0.3) is 0 Å². The maximum absolute atomic E-state index is 10.9. The van der Waals surface area contributed by atoms with Crippen molar-refractivity contribution in [1.29, 1.82) is 0 Å². The molecule has 1 N–H and O–H groups in total. The minimum atomic E-state index is -0.828. The molecule has 0 bridgehead atoms. The third kappa shape index (κ3) is 3.70. The third-order valence-corrected chi connectivity index (χ3v) is 2.64. The van der Waals surface area contributed by atoms with Gasteiger partial charge in [0.05, 0.1) is 19.6 Å². The summed E-state index contributed by atoms with van der Waals surface area (Å²) in [5.41, 5.74) is 0.891. The van der Waals surface area contributed by atoms with Gasteiger partial charge in [-0.25, -0.2) is 0 Å². The summed E-state index contributed by atoms with van der Waals surface area (Å²) in [6.45, 7) is 2.42. The predicted molar refractivity (Wildman–Crippen MR) is 70.8 cm³/mol. The molecule has 0 saturated heterocycles. The fourth-order valence-electron chi connectivity index (χ4n) is 1.57. The molecule has 0 amide bonds. The van der Waals surface area contributed by atoms with E-state index in [4.69, 9.17) is 16.3 Å². The molecule has 0 aliphatic carbocycles. The van der Waals surface area contributed by atoms with Crippen molar-refractivity contribution in [1.82, 2.24) is 0 Å². The maximum atomic E-state index is 10.9. The number of carbonyl (C=O) groups is 1. The van der Waals surface area contributed by atoms with Gasteiger partial charge in [0.1, 0.15) is 5.75 Å². The zero-order chi connectivity index (χ0) is 13.5. The molecule has 0 radical (unpaired) electrons. The second-order valence-electron chi connectivity index (χ2n) is 4.02. The number of rotatable bonds is 6. The molecule has 0 fully saturated rings. The molecule has 1 rings (SSSR count). The first kappa shape index (κ1) is 13.9. The second-order valence-corrected chi connectivity index (χ2v) is 4.02. The van der Waals surface area contributed by atoms with Gasteiger partial charge in [0.15, 0.2) is 0 Å². The van der Waals surface area contributed by atoms with Crippen molar-refractivity contribution >= 4 is 11.7 Å². The Morgan fingerprint density at radius 2 is 2.11 bits per heavy atom. The average Bonchev–Trinajstić information content (AvgIpc) is 2.38. The van der Waals surface area contributed by atoms with Gasteiger partial charge in [-0.2, -0.15) is 0 Å². The molecule has 0 aliphatic heterocycles. The van der Waals surface area contributed by atoms with E-state index in [0.717, 1.165) is 11.4 Å². The van der Waals surface area contributed by atoms with Gasteiger partial charge in [0.25, 0.3) is 0 Å². The van der Waals surface area contributed by atoms with Crippen molar-refractivity contribution in [2.24, 2.45) is 5.92 Å². The van der Waals surface area contributed by atoms with Gasteiger partial charge in [0.2, 0.25) is 0 Å². The van der Waals surface area contributed by atoms with Crippen molar-refractivity contribution in [3.63, 3.8) is 0 Å². The molecule has 96 valence electrons. The molecule has 18 heavy (non-hydrogen) atoms. The minimum absolute atomic E-state index is 0.379. The van der Waals surface area contributed by atoms with Crippen LogP contribution in [-0.2, 0) is 4.79 Å². The van der Waals surface area contributed by atoms with Crippen molar-refractivity contribution in [3.8, 4) is 18.1 Å². The van der Waals surface area contributed by atoms with E-state index in [-0.39, 0.29) is 0 Å². The van der Waals surface area contributed by atoms with Crippen molar-refractivity contribution in [2.45, 2.75) is 6.92 Å². The quantitative estimate of drug-likeness (QED) is 0.779. The van der Waals surface area contributed by atoms with E-state index in [0.29, 0.717) is 13.1 Å². The number of methoxy groups -OCH3 is 1. The number of hydrogen-bond acceptors (Lipinski definition) is 3. The number of nitrogens with zero attached hydrogens (tertiary/aromatic N) is 1. The van der Waals surface area contributed by atoms with Gasteiger partial charge >= 0.3 is 5.97 Å². The largest absolute Gasteiger partial charge is 0.497 e. The topological polar surface area (TPSA) is 49.8 Å². The van der Waals surface area contributed by atoms with Crippen LogP contribution < -0.4 is 9.64 Å². The first-order valence-corrected chi connectivity index (χ1v) is 5.63. The summed E-state index contributed by atoms with van der Waals surface area (Å²) in [6, 6.07) is 7.38. The maximum Gasteiger partial charge on any atom is 0.308 e. The van der Waals surface area contributed by atoms with Crippen molar-refractivity contribution in [2.75, 3.05) is 25.1 Å². The first-order chi connectivity index (χ1) is 8.58. The summed E-state index contributed by atoms with van der Waals surface area (Å²) in [4.78, 5) is 12.7. The van der Waals surface area contributed by atoms with E-state index in [1.165, 1.54) is 0 Å². The zero-order valence-corrected chi connectivity index (χ0v) is 10.6. The molecule has 0 aliphatic rings. The summed E-state index contributed by atoms with van der Waals surface area (Å²) in [6.07, 6.45) is 5.31. The third-order valence-electron chi connectivity index (χ3n) is 2.64. The number of benzene rings is 1. The molecule has 1 aromatic rings. The van der Waals surface area contributed by atoms with E-state index < -0.39 is 11.9 Å². The Morgan fingerprint density at radius 3 is 2.56 bits per heavy atom. The minimum Gasteiger partial charge on any atom is -0.497 e. The Morgan fingerprint density at radius 1 is 1.50 bits per heavy atom. The SMILES string of the molecule is C#CCN(CC(C)C(=O)O)c1ccc(OC)cc1. The van der Waals surface area contributed by atoms with Crippen LogP contribution in [0.2, 0.25) is 0 Å². The number of hydrogen-bond donors (Lipinski definition) is 1. The average molecular weight is 247 g/mol. The number of anilines is 1. The number of carboxylic acid groups (broad SMARTS) is 1. The van der Waals surface area contributed by atoms with Crippen molar-refractivity contribution in [3.05, 3.63) is 24.3 Å². The van der Waals surface area contributed by atoms with E-state index in [1.54, 1.807) is 14.0 Å². The van der Waals surface area contributed by atoms with Crippen LogP contribution in [0.15, 0.2) is 24.3 Å². The van der Waals surface area contributed by atoms with Crippen LogP contribution in [0.3, 0.4) is 0 Å². The van der Waals surface area contributed by atoms with Crippen molar-refractivity contribution < 1.29 is 14.6 Å². The Labute approximate surface area is 107 Å². The smallest absolute Gasteiger partial charge is 0.308 e. The predicted octanol–water partition coefficient (Wildman–Crippen LogP) is 1.86. The van der Waals surface area contributed by atoms with E-state index >= 15 is 0 Å². The Balaban J connectivity index is 2.83. The molecule has 0 spiro atoms. The van der Waals surface area contributed by atoms with Crippen LogP contribution in [0.4, 0.5) is 5.69 Å². The Bertz CT molecular complexity index is 433. The number of carboxylic acids is 1. The highest BCUT2D eigenvalue weighted by molar-refractivity contribution is 5.70. The molecular formula is C14H17NO3. The van der Waals surface area contributed by atoms with E-state index in [2.05, 4.69) is 5.92 Å². The normalized spacial score (nSPS) is 11.4. The Hall–Kier alpha value is -2.15. The fourth-order valence-corrected chi connectivity index (χ4v) is 1.57. The van der Waals surface area contributed by atoms with Crippen LogP contribution in [0, 0.1) is 18.3 Å². The Kier molecular flexibility index (Phi) is 5.06. The van der Waals surface area contributed by atoms with Crippen LogP contribution in [-0.4, -0.2) is 31.3 Å². The molecular weight excluding hydrogens is 230 g/mol. The van der Waals surface area contributed by atoms with Gasteiger partial charge in [-0.1, -0.05) is 12.8 Å². The number of ether oxygens (including phenoxy) is 1. The lowest BCUT2D eigenvalue weighted by Gasteiger charge is -2.24. The summed E-state index contributed by atoms with van der Waals surface area (Å²) in [5.74, 6) is 2.00. The zero-order valence-electron chi connectivity index (χ0n) is 10.6. The van der Waals surface area contributed by atoms with Gasteiger partial charge in [-0.3, -0.25) is 4.79 Å². The molecule has 4 nitrogen and oxygen atoms in total. The fraction of sp³-hybridized carbons (Fsp3) is 0.357. The lowest BCUT2D eigenvalue weighted by molar-refractivity contribution is -0.140. The summed E-state index contributed by atoms with van der Waals surface area (Å²) >= 11 is 0. The molecule has 0 saturated carbocycles. The lowest BCUT2D eigenvalue weighted by atomic mass is 10.1. The highest BCUT2D eigenvalue weighted by atomic mass is 16.5. The number of terminal acetylenes is 1. The number of aliphatic carboxylic acids is 1. The van der Waals surface area contributed by atoms with Crippen LogP contribution >= 0.6 is 0 Å². The molecule has 0 heterocycles. The monoisotopic (exact) mass is 247 g/mol. The van der Waals surface area contributed by atoms with Crippen LogP contribution in [0.5, 0.6) is 5.75 Å². The lowest BCUT2D eigenvalue weighted by Crippen LogP contribution is -2.32. The van der Waals surface area contributed by atoms with Gasteiger partial charge in [-0.05, 0) is 24.3 Å². The molecule has 1 aromatic carbocycles. The molecule has 4 heteroatoms. The molecule has 1 atom stereocenters. The summed E-state index contributed by atoms with van der Waals surface area (Å²) in [7, 11) is 1.60. The van der Waals surface area contributed by atoms with E-state index in [1.807, 2.05) is 29.2 Å².